The summed E-state index contributed by atoms with van der Waals surface area (Å²) < 4.78 is 5.47. The van der Waals surface area contributed by atoms with E-state index in [0.29, 0.717) is 5.41 Å². The normalized spacial score (nSPS) is 26.0. The highest BCUT2D eigenvalue weighted by molar-refractivity contribution is 5.68. The summed E-state index contributed by atoms with van der Waals surface area (Å²) in [6, 6.07) is 0. The number of piperidine rings is 1. The highest BCUT2D eigenvalue weighted by Crippen LogP contribution is 2.51. The van der Waals surface area contributed by atoms with Crippen molar-refractivity contribution < 1.29 is 9.53 Å². The quantitative estimate of drug-likeness (QED) is 0.846. The van der Waals surface area contributed by atoms with Crippen LogP contribution in [0.5, 0.6) is 0 Å². The van der Waals surface area contributed by atoms with E-state index < -0.39 is 5.60 Å². The van der Waals surface area contributed by atoms with E-state index in [2.05, 4.69) is 0 Å². The number of hydrogen-bond donors (Lipinski definition) is 1. The molecule has 1 atom stereocenters. The third kappa shape index (κ3) is 3.46. The van der Waals surface area contributed by atoms with Crippen LogP contribution in [-0.4, -0.2) is 36.2 Å². The van der Waals surface area contributed by atoms with Gasteiger partial charge in [-0.05, 0) is 70.8 Å². The summed E-state index contributed by atoms with van der Waals surface area (Å²) in [5.74, 6) is 0.772. The van der Waals surface area contributed by atoms with Crippen molar-refractivity contribution in [3.63, 3.8) is 0 Å². The molecule has 0 radical (unpaired) electrons. The molecule has 1 heterocycles. The summed E-state index contributed by atoms with van der Waals surface area (Å²) in [6.45, 7) is 8.24. The average molecular weight is 282 g/mol. The van der Waals surface area contributed by atoms with Crippen molar-refractivity contribution in [1.82, 2.24) is 4.90 Å². The topological polar surface area (TPSA) is 55.6 Å². The van der Waals surface area contributed by atoms with Crippen LogP contribution in [0.1, 0.15) is 59.3 Å². The number of nitrogens with two attached hydrogens (primary N) is 1. The molecule has 2 rings (SSSR count). The number of hydrogen-bond acceptors (Lipinski definition) is 3. The number of rotatable bonds is 2. The maximum Gasteiger partial charge on any atom is 0.410 e. The van der Waals surface area contributed by atoms with E-state index in [4.69, 9.17) is 10.5 Å². The van der Waals surface area contributed by atoms with Crippen LogP contribution in [0.2, 0.25) is 0 Å². The van der Waals surface area contributed by atoms with E-state index in [9.17, 15) is 4.79 Å². The molecule has 2 fully saturated rings. The number of carbonyl (C=O) groups is 1. The smallest absolute Gasteiger partial charge is 0.410 e. The van der Waals surface area contributed by atoms with Crippen LogP contribution in [0.15, 0.2) is 0 Å². The van der Waals surface area contributed by atoms with Crippen molar-refractivity contribution in [3.8, 4) is 0 Å². The summed E-state index contributed by atoms with van der Waals surface area (Å²) in [4.78, 5) is 14.0. The van der Waals surface area contributed by atoms with E-state index in [0.717, 1.165) is 44.8 Å². The molecule has 0 bridgehead atoms. The molecule has 1 amide bonds. The average Bonchev–Trinajstić information content (AvgIpc) is 2.72. The molecule has 1 spiro atoms. The van der Waals surface area contributed by atoms with Gasteiger partial charge in [0.25, 0.3) is 0 Å². The molecule has 1 aliphatic heterocycles. The van der Waals surface area contributed by atoms with Crippen LogP contribution in [0.4, 0.5) is 4.79 Å². The summed E-state index contributed by atoms with van der Waals surface area (Å²) in [6.07, 6.45) is 7.21. The van der Waals surface area contributed by atoms with E-state index in [-0.39, 0.29) is 6.09 Å². The zero-order valence-electron chi connectivity index (χ0n) is 13.3. The lowest BCUT2D eigenvalue weighted by molar-refractivity contribution is 0.00368. The minimum Gasteiger partial charge on any atom is -0.444 e. The number of amides is 1. The van der Waals surface area contributed by atoms with Gasteiger partial charge in [-0.15, -0.1) is 0 Å². The molecule has 4 heteroatoms. The molecular formula is C16H30N2O2. The Labute approximate surface area is 123 Å². The molecule has 116 valence electrons. The second-order valence-electron chi connectivity index (χ2n) is 7.50. The van der Waals surface area contributed by atoms with Gasteiger partial charge in [-0.2, -0.15) is 0 Å². The second kappa shape index (κ2) is 5.92. The molecule has 2 aliphatic rings. The molecule has 0 aromatic carbocycles. The Morgan fingerprint density at radius 2 is 1.95 bits per heavy atom. The Morgan fingerprint density at radius 1 is 1.30 bits per heavy atom. The summed E-state index contributed by atoms with van der Waals surface area (Å²) in [5, 5.41) is 0. The predicted octanol–water partition coefficient (Wildman–Crippen LogP) is 3.15. The van der Waals surface area contributed by atoms with E-state index in [1.165, 1.54) is 19.3 Å². The maximum atomic E-state index is 12.1. The van der Waals surface area contributed by atoms with Crippen molar-refractivity contribution >= 4 is 6.09 Å². The van der Waals surface area contributed by atoms with Crippen molar-refractivity contribution in [1.29, 1.82) is 0 Å². The van der Waals surface area contributed by atoms with Crippen LogP contribution in [0, 0.1) is 11.3 Å². The number of carbonyl (C=O) groups excluding carboxylic acids is 1. The SMILES string of the molecule is CC(C)(C)OC(=O)N1CCC2(CCCC2CCN)CC1. The van der Waals surface area contributed by atoms with Crippen molar-refractivity contribution in [2.24, 2.45) is 17.1 Å². The second-order valence-corrected chi connectivity index (χ2v) is 7.50. The van der Waals surface area contributed by atoms with Crippen LogP contribution < -0.4 is 5.73 Å². The minimum absolute atomic E-state index is 0.152. The monoisotopic (exact) mass is 282 g/mol. The molecule has 2 N–H and O–H groups in total. The first-order valence-electron chi connectivity index (χ1n) is 8.04. The Hall–Kier alpha value is -0.770. The van der Waals surface area contributed by atoms with Gasteiger partial charge in [0.05, 0.1) is 0 Å². The minimum atomic E-state index is -0.401. The van der Waals surface area contributed by atoms with Crippen LogP contribution >= 0.6 is 0 Å². The maximum absolute atomic E-state index is 12.1. The van der Waals surface area contributed by atoms with Crippen molar-refractivity contribution in [2.45, 2.75) is 64.9 Å². The standard InChI is InChI=1S/C16H30N2O2/c1-15(2,3)20-14(19)18-11-8-16(9-12-18)7-4-5-13(16)6-10-17/h13H,4-12,17H2,1-3H3. The summed E-state index contributed by atoms with van der Waals surface area (Å²) in [7, 11) is 0. The highest BCUT2D eigenvalue weighted by atomic mass is 16.6. The zero-order valence-corrected chi connectivity index (χ0v) is 13.3. The van der Waals surface area contributed by atoms with Crippen LogP contribution in [-0.2, 0) is 4.74 Å². The van der Waals surface area contributed by atoms with Gasteiger partial charge in [-0.1, -0.05) is 6.42 Å². The van der Waals surface area contributed by atoms with Crippen molar-refractivity contribution in [2.75, 3.05) is 19.6 Å². The summed E-state index contributed by atoms with van der Waals surface area (Å²) >= 11 is 0. The number of ether oxygens (including phenoxy) is 1. The third-order valence-electron chi connectivity index (χ3n) is 5.02. The highest BCUT2D eigenvalue weighted by Gasteiger charge is 2.44. The molecule has 1 aliphatic carbocycles. The first kappa shape index (κ1) is 15.6. The van der Waals surface area contributed by atoms with Gasteiger partial charge < -0.3 is 15.4 Å². The molecule has 1 saturated heterocycles. The molecule has 0 aromatic heterocycles. The molecule has 0 aromatic rings. The number of likely N-dealkylation sites (tertiary alicyclic amines) is 1. The molecular weight excluding hydrogens is 252 g/mol. The Kier molecular flexibility index (Phi) is 4.62. The first-order valence-corrected chi connectivity index (χ1v) is 8.04. The Balaban J connectivity index is 1.90. The largest absolute Gasteiger partial charge is 0.444 e. The fraction of sp³-hybridized carbons (Fsp3) is 0.938. The van der Waals surface area contributed by atoms with Gasteiger partial charge >= 0.3 is 6.09 Å². The van der Waals surface area contributed by atoms with E-state index >= 15 is 0 Å². The molecule has 1 unspecified atom stereocenters. The van der Waals surface area contributed by atoms with Gasteiger partial charge in [-0.3, -0.25) is 0 Å². The number of nitrogens with zero attached hydrogens (tertiary/aromatic N) is 1. The van der Waals surface area contributed by atoms with Gasteiger partial charge in [0.1, 0.15) is 5.60 Å². The van der Waals surface area contributed by atoms with Crippen LogP contribution in [0.3, 0.4) is 0 Å². The summed E-state index contributed by atoms with van der Waals surface area (Å²) in [5.41, 5.74) is 5.81. The lowest BCUT2D eigenvalue weighted by Gasteiger charge is -2.43. The molecule has 20 heavy (non-hydrogen) atoms. The lowest BCUT2D eigenvalue weighted by atomic mass is 9.69. The first-order chi connectivity index (χ1) is 9.36. The Bertz CT molecular complexity index is 341. The van der Waals surface area contributed by atoms with Gasteiger partial charge in [0, 0.05) is 13.1 Å². The van der Waals surface area contributed by atoms with Crippen LogP contribution in [0.25, 0.3) is 0 Å². The molecule has 1 saturated carbocycles. The van der Waals surface area contributed by atoms with Crippen molar-refractivity contribution in [3.05, 3.63) is 0 Å². The van der Waals surface area contributed by atoms with E-state index in [1.54, 1.807) is 0 Å². The van der Waals surface area contributed by atoms with E-state index in [1.807, 2.05) is 25.7 Å². The van der Waals surface area contributed by atoms with Gasteiger partial charge in [-0.25, -0.2) is 4.79 Å². The zero-order chi connectivity index (χ0) is 14.8. The lowest BCUT2D eigenvalue weighted by Crippen LogP contribution is -2.46. The fourth-order valence-corrected chi connectivity index (χ4v) is 3.98. The third-order valence-corrected chi connectivity index (χ3v) is 5.02. The molecule has 4 nitrogen and oxygen atoms in total. The predicted molar refractivity (Wildman–Crippen MR) is 80.5 cm³/mol. The Morgan fingerprint density at radius 3 is 2.50 bits per heavy atom. The fourth-order valence-electron chi connectivity index (χ4n) is 3.98. The van der Waals surface area contributed by atoms with Gasteiger partial charge in [0.15, 0.2) is 0 Å². The van der Waals surface area contributed by atoms with Gasteiger partial charge in [0.2, 0.25) is 0 Å².